The quantitative estimate of drug-likeness (QED) is 0.381. The predicted octanol–water partition coefficient (Wildman–Crippen LogP) is 2.54. The average Bonchev–Trinajstić information content (AvgIpc) is 2.06. The van der Waals surface area contributed by atoms with Gasteiger partial charge in [0.25, 0.3) is 0 Å². The smallest absolute Gasteiger partial charge is 0.145 e. The van der Waals surface area contributed by atoms with Gasteiger partial charge in [-0.3, -0.25) is 9.97 Å². The third kappa shape index (κ3) is 1.93. The maximum Gasteiger partial charge on any atom is 0.145 e. The molecule has 1 aromatic heterocycles. The minimum absolute atomic E-state index is 0.307. The summed E-state index contributed by atoms with van der Waals surface area (Å²) in [5.41, 5.74) is 8.98. The lowest BCUT2D eigenvalue weighted by Gasteiger charge is -2.01. The second-order valence-corrected chi connectivity index (χ2v) is 2.64. The van der Waals surface area contributed by atoms with Crippen LogP contribution in [-0.4, -0.2) is 9.97 Å². The molecular weight excluding hydrogens is 154 g/mol. The van der Waals surface area contributed by atoms with Crippen LogP contribution in [0, 0.1) is 0 Å². The molecule has 0 fully saturated rings. The predicted molar refractivity (Wildman–Crippen MR) is 44.9 cm³/mol. The van der Waals surface area contributed by atoms with Gasteiger partial charge in [-0.25, -0.2) is 0 Å². The fraction of sp³-hybridized carbons (Fsp3) is 0.429. The van der Waals surface area contributed by atoms with Crippen molar-refractivity contribution in [3.8, 4) is 0 Å². The number of hydrogen-bond acceptors (Lipinski definition) is 3. The van der Waals surface area contributed by atoms with E-state index in [0.717, 1.165) is 5.69 Å². The third-order valence-electron chi connectivity index (χ3n) is 1.40. The Balaban J connectivity index is 2.92. The molecule has 62 valence electrons. The van der Waals surface area contributed by atoms with Gasteiger partial charge in [-0.1, -0.05) is 13.8 Å². The average molecular weight is 163 g/mol. The van der Waals surface area contributed by atoms with E-state index >= 15 is 0 Å². The van der Waals surface area contributed by atoms with Gasteiger partial charge in [0, 0.05) is 11.1 Å². The van der Waals surface area contributed by atoms with Gasteiger partial charge in [0.15, 0.2) is 0 Å². The SMILES string of the molecule is CC(C)c1cnc(N=[N+]=[N-])cn1. The molecule has 5 heteroatoms. The highest BCUT2D eigenvalue weighted by atomic mass is 15.2. The van der Waals surface area contributed by atoms with Crippen molar-refractivity contribution in [3.05, 3.63) is 28.5 Å². The number of azide groups is 1. The highest BCUT2D eigenvalue weighted by molar-refractivity contribution is 5.22. The van der Waals surface area contributed by atoms with Crippen LogP contribution in [0.1, 0.15) is 25.5 Å². The minimum Gasteiger partial charge on any atom is -0.257 e. The summed E-state index contributed by atoms with van der Waals surface area (Å²) in [6, 6.07) is 0. The van der Waals surface area contributed by atoms with E-state index in [2.05, 4.69) is 20.0 Å². The molecule has 0 aliphatic carbocycles. The molecule has 0 spiro atoms. The second-order valence-electron chi connectivity index (χ2n) is 2.64. The Morgan fingerprint density at radius 2 is 2.17 bits per heavy atom. The van der Waals surface area contributed by atoms with Crippen molar-refractivity contribution in [2.24, 2.45) is 5.11 Å². The Kier molecular flexibility index (Phi) is 2.61. The van der Waals surface area contributed by atoms with Crippen molar-refractivity contribution in [2.45, 2.75) is 19.8 Å². The summed E-state index contributed by atoms with van der Waals surface area (Å²) in [4.78, 5) is 10.6. The van der Waals surface area contributed by atoms with E-state index in [9.17, 15) is 0 Å². The summed E-state index contributed by atoms with van der Waals surface area (Å²) in [5.74, 6) is 0.652. The van der Waals surface area contributed by atoms with E-state index in [-0.39, 0.29) is 0 Å². The van der Waals surface area contributed by atoms with E-state index in [1.165, 1.54) is 6.20 Å². The molecule has 5 nitrogen and oxygen atoms in total. The summed E-state index contributed by atoms with van der Waals surface area (Å²) in [6.45, 7) is 4.05. The highest BCUT2D eigenvalue weighted by Crippen LogP contribution is 2.12. The molecular formula is C7H9N5. The van der Waals surface area contributed by atoms with Crippen molar-refractivity contribution < 1.29 is 0 Å². The van der Waals surface area contributed by atoms with Crippen LogP contribution in [0.4, 0.5) is 5.82 Å². The van der Waals surface area contributed by atoms with Crippen LogP contribution in [0.25, 0.3) is 10.4 Å². The Hall–Kier alpha value is -1.61. The first kappa shape index (κ1) is 8.49. The topological polar surface area (TPSA) is 74.5 Å². The van der Waals surface area contributed by atoms with Crippen LogP contribution in [0.15, 0.2) is 17.5 Å². The van der Waals surface area contributed by atoms with Gasteiger partial charge in [-0.2, -0.15) is 0 Å². The molecule has 0 N–H and O–H groups in total. The van der Waals surface area contributed by atoms with Gasteiger partial charge in [-0.05, 0) is 16.6 Å². The Morgan fingerprint density at radius 1 is 1.42 bits per heavy atom. The first-order chi connectivity index (χ1) is 5.74. The summed E-state index contributed by atoms with van der Waals surface area (Å²) < 4.78 is 0. The summed E-state index contributed by atoms with van der Waals surface area (Å²) in [6.07, 6.45) is 3.09. The summed E-state index contributed by atoms with van der Waals surface area (Å²) >= 11 is 0. The van der Waals surface area contributed by atoms with Gasteiger partial charge < -0.3 is 0 Å². The van der Waals surface area contributed by atoms with E-state index in [1.54, 1.807) is 6.20 Å². The molecule has 1 heterocycles. The number of aromatic nitrogens is 2. The van der Waals surface area contributed by atoms with Crippen molar-refractivity contribution in [1.29, 1.82) is 0 Å². The van der Waals surface area contributed by atoms with Crippen LogP contribution in [0.5, 0.6) is 0 Å². The zero-order valence-electron chi connectivity index (χ0n) is 6.97. The molecule has 0 aromatic carbocycles. The Bertz CT molecular complexity index is 296. The van der Waals surface area contributed by atoms with E-state index in [4.69, 9.17) is 5.53 Å². The van der Waals surface area contributed by atoms with Crippen molar-refractivity contribution in [1.82, 2.24) is 9.97 Å². The Morgan fingerprint density at radius 3 is 2.58 bits per heavy atom. The zero-order valence-corrected chi connectivity index (χ0v) is 6.97. The van der Waals surface area contributed by atoms with Gasteiger partial charge in [-0.15, -0.1) is 0 Å². The van der Waals surface area contributed by atoms with Crippen LogP contribution in [-0.2, 0) is 0 Å². The zero-order chi connectivity index (χ0) is 8.97. The lowest BCUT2D eigenvalue weighted by atomic mass is 10.1. The Labute approximate surface area is 70.1 Å². The van der Waals surface area contributed by atoms with Gasteiger partial charge in [0.2, 0.25) is 0 Å². The van der Waals surface area contributed by atoms with E-state index in [0.29, 0.717) is 11.7 Å². The normalized spacial score (nSPS) is 9.58. The van der Waals surface area contributed by atoms with E-state index in [1.807, 2.05) is 13.8 Å². The number of rotatable bonds is 2. The molecule has 0 saturated heterocycles. The maximum absolute atomic E-state index is 8.09. The third-order valence-corrected chi connectivity index (χ3v) is 1.40. The lowest BCUT2D eigenvalue weighted by Crippen LogP contribution is -1.92. The molecule has 0 bridgehead atoms. The lowest BCUT2D eigenvalue weighted by molar-refractivity contribution is 0.812. The van der Waals surface area contributed by atoms with Crippen molar-refractivity contribution in [3.63, 3.8) is 0 Å². The van der Waals surface area contributed by atoms with Crippen molar-refractivity contribution >= 4 is 5.82 Å². The van der Waals surface area contributed by atoms with Crippen molar-refractivity contribution in [2.75, 3.05) is 0 Å². The molecule has 0 radical (unpaired) electrons. The van der Waals surface area contributed by atoms with Gasteiger partial charge in [0.05, 0.1) is 11.9 Å². The molecule has 0 saturated carbocycles. The van der Waals surface area contributed by atoms with Crippen LogP contribution < -0.4 is 0 Å². The fourth-order valence-corrected chi connectivity index (χ4v) is 0.727. The molecule has 12 heavy (non-hydrogen) atoms. The van der Waals surface area contributed by atoms with Crippen LogP contribution in [0.2, 0.25) is 0 Å². The molecule has 0 amide bonds. The minimum atomic E-state index is 0.307. The standard InChI is InChI=1S/C7H9N5/c1-5(2)6-3-10-7(4-9-6)11-12-8/h3-5H,1-2H3. The number of nitrogens with zero attached hydrogens (tertiary/aromatic N) is 5. The summed E-state index contributed by atoms with van der Waals surface area (Å²) in [5, 5.41) is 3.31. The summed E-state index contributed by atoms with van der Waals surface area (Å²) in [7, 11) is 0. The fourth-order valence-electron chi connectivity index (χ4n) is 0.727. The highest BCUT2D eigenvalue weighted by Gasteiger charge is 1.99. The maximum atomic E-state index is 8.09. The molecule has 0 aliphatic heterocycles. The first-order valence-electron chi connectivity index (χ1n) is 3.61. The second kappa shape index (κ2) is 3.69. The molecule has 0 aliphatic rings. The van der Waals surface area contributed by atoms with Gasteiger partial charge in [0.1, 0.15) is 5.82 Å². The monoisotopic (exact) mass is 163 g/mol. The number of hydrogen-bond donors (Lipinski definition) is 0. The largest absolute Gasteiger partial charge is 0.257 e. The molecule has 0 atom stereocenters. The molecule has 1 aromatic rings. The van der Waals surface area contributed by atoms with Crippen LogP contribution >= 0.6 is 0 Å². The van der Waals surface area contributed by atoms with Gasteiger partial charge >= 0.3 is 0 Å². The first-order valence-corrected chi connectivity index (χ1v) is 3.61. The molecule has 1 rings (SSSR count). The van der Waals surface area contributed by atoms with E-state index < -0.39 is 0 Å². The molecule has 0 unspecified atom stereocenters. The van der Waals surface area contributed by atoms with Crippen LogP contribution in [0.3, 0.4) is 0 Å².